The van der Waals surface area contributed by atoms with Crippen LogP contribution in [0.4, 0.5) is 5.69 Å². The Morgan fingerprint density at radius 2 is 2.00 bits per heavy atom. The van der Waals surface area contributed by atoms with Crippen molar-refractivity contribution in [2.75, 3.05) is 5.32 Å². The molecule has 0 aromatic heterocycles. The SMILES string of the molecule is CCC(C)(C)C(=O)Nc1cc(C)cc(Br)c1. The van der Waals surface area contributed by atoms with E-state index in [0.717, 1.165) is 22.1 Å². The largest absolute Gasteiger partial charge is 0.326 e. The van der Waals surface area contributed by atoms with Gasteiger partial charge in [0.15, 0.2) is 0 Å². The number of hydrogen-bond acceptors (Lipinski definition) is 1. The summed E-state index contributed by atoms with van der Waals surface area (Å²) in [6.07, 6.45) is 0.825. The zero-order valence-electron chi connectivity index (χ0n) is 10.2. The monoisotopic (exact) mass is 283 g/mol. The maximum absolute atomic E-state index is 12.0. The highest BCUT2D eigenvalue weighted by atomic mass is 79.9. The van der Waals surface area contributed by atoms with Gasteiger partial charge < -0.3 is 5.32 Å². The molecule has 2 nitrogen and oxygen atoms in total. The van der Waals surface area contributed by atoms with Crippen LogP contribution < -0.4 is 5.32 Å². The lowest BCUT2D eigenvalue weighted by Gasteiger charge is -2.21. The first-order chi connectivity index (χ1) is 7.35. The molecule has 0 aliphatic carbocycles. The molecule has 0 radical (unpaired) electrons. The van der Waals surface area contributed by atoms with E-state index in [9.17, 15) is 4.79 Å². The molecule has 0 fully saturated rings. The Hall–Kier alpha value is -0.830. The summed E-state index contributed by atoms with van der Waals surface area (Å²) in [5.74, 6) is 0.0625. The van der Waals surface area contributed by atoms with Gasteiger partial charge in [-0.25, -0.2) is 0 Å². The van der Waals surface area contributed by atoms with Crippen LogP contribution in [-0.4, -0.2) is 5.91 Å². The number of aryl methyl sites for hydroxylation is 1. The molecule has 1 rings (SSSR count). The maximum atomic E-state index is 12.0. The lowest BCUT2D eigenvalue weighted by Crippen LogP contribution is -2.29. The average molecular weight is 284 g/mol. The van der Waals surface area contributed by atoms with Gasteiger partial charge >= 0.3 is 0 Å². The Kier molecular flexibility index (Phi) is 4.14. The van der Waals surface area contributed by atoms with Gasteiger partial charge in [0.05, 0.1) is 0 Å². The Morgan fingerprint density at radius 3 is 2.50 bits per heavy atom. The van der Waals surface area contributed by atoms with Gasteiger partial charge in [-0.2, -0.15) is 0 Å². The van der Waals surface area contributed by atoms with E-state index in [1.807, 2.05) is 45.9 Å². The van der Waals surface area contributed by atoms with E-state index in [0.29, 0.717) is 0 Å². The number of carbonyl (C=O) groups excluding carboxylic acids is 1. The normalized spacial score (nSPS) is 11.3. The van der Waals surface area contributed by atoms with Gasteiger partial charge in [-0.05, 0) is 37.1 Å². The topological polar surface area (TPSA) is 29.1 Å². The van der Waals surface area contributed by atoms with Crippen molar-refractivity contribution in [2.24, 2.45) is 5.41 Å². The van der Waals surface area contributed by atoms with Crippen LogP contribution in [0.5, 0.6) is 0 Å². The van der Waals surface area contributed by atoms with Crippen LogP contribution in [0.3, 0.4) is 0 Å². The quantitative estimate of drug-likeness (QED) is 0.888. The molecule has 0 bridgehead atoms. The number of rotatable bonds is 3. The first-order valence-electron chi connectivity index (χ1n) is 5.44. The van der Waals surface area contributed by atoms with Crippen LogP contribution >= 0.6 is 15.9 Å². The third-order valence-corrected chi connectivity index (χ3v) is 3.26. The van der Waals surface area contributed by atoms with Crippen LogP contribution in [0, 0.1) is 12.3 Å². The molecule has 0 aliphatic rings. The minimum atomic E-state index is -0.323. The number of carbonyl (C=O) groups is 1. The molecule has 0 saturated carbocycles. The number of anilines is 1. The molecular weight excluding hydrogens is 266 g/mol. The van der Waals surface area contributed by atoms with Crippen LogP contribution in [0.15, 0.2) is 22.7 Å². The number of benzene rings is 1. The van der Waals surface area contributed by atoms with Crippen molar-refractivity contribution in [3.05, 3.63) is 28.2 Å². The summed E-state index contributed by atoms with van der Waals surface area (Å²) in [5.41, 5.74) is 1.65. The molecule has 1 N–H and O–H groups in total. The number of hydrogen-bond donors (Lipinski definition) is 1. The van der Waals surface area contributed by atoms with Crippen LogP contribution in [0.1, 0.15) is 32.8 Å². The van der Waals surface area contributed by atoms with Crippen LogP contribution in [0.25, 0.3) is 0 Å². The van der Waals surface area contributed by atoms with E-state index in [1.165, 1.54) is 0 Å². The van der Waals surface area contributed by atoms with Gasteiger partial charge in [-0.1, -0.05) is 36.7 Å². The zero-order chi connectivity index (χ0) is 12.3. The Bertz CT molecular complexity index is 379. The first-order valence-corrected chi connectivity index (χ1v) is 6.23. The minimum Gasteiger partial charge on any atom is -0.326 e. The molecule has 1 aromatic carbocycles. The number of halogens is 1. The summed E-state index contributed by atoms with van der Waals surface area (Å²) in [6, 6.07) is 5.89. The lowest BCUT2D eigenvalue weighted by atomic mass is 9.89. The van der Waals surface area contributed by atoms with Crippen LogP contribution in [-0.2, 0) is 4.79 Å². The van der Waals surface area contributed by atoms with Crippen molar-refractivity contribution in [1.29, 1.82) is 0 Å². The van der Waals surface area contributed by atoms with Crippen LogP contribution in [0.2, 0.25) is 0 Å². The molecular formula is C13H18BrNO. The highest BCUT2D eigenvalue weighted by Crippen LogP contribution is 2.24. The molecule has 0 aliphatic heterocycles. The fraction of sp³-hybridized carbons (Fsp3) is 0.462. The van der Waals surface area contributed by atoms with Gasteiger partial charge in [0.2, 0.25) is 5.91 Å². The van der Waals surface area contributed by atoms with Crippen molar-refractivity contribution < 1.29 is 4.79 Å². The summed E-state index contributed by atoms with van der Waals surface area (Å²) in [4.78, 5) is 12.0. The highest BCUT2D eigenvalue weighted by molar-refractivity contribution is 9.10. The first kappa shape index (κ1) is 13.2. The maximum Gasteiger partial charge on any atom is 0.230 e. The Morgan fingerprint density at radius 1 is 1.38 bits per heavy atom. The summed E-state index contributed by atoms with van der Waals surface area (Å²) in [5, 5.41) is 2.95. The van der Waals surface area contributed by atoms with E-state index >= 15 is 0 Å². The van der Waals surface area contributed by atoms with Crippen molar-refractivity contribution in [2.45, 2.75) is 34.1 Å². The zero-order valence-corrected chi connectivity index (χ0v) is 11.8. The van der Waals surface area contributed by atoms with E-state index in [4.69, 9.17) is 0 Å². The number of amides is 1. The Labute approximate surface area is 106 Å². The molecule has 0 spiro atoms. The van der Waals surface area contributed by atoms with E-state index in [1.54, 1.807) is 0 Å². The molecule has 88 valence electrons. The molecule has 0 unspecified atom stereocenters. The van der Waals surface area contributed by atoms with Gasteiger partial charge in [-0.3, -0.25) is 4.79 Å². The summed E-state index contributed by atoms with van der Waals surface area (Å²) in [6.45, 7) is 7.93. The molecule has 0 atom stereocenters. The highest BCUT2D eigenvalue weighted by Gasteiger charge is 2.25. The fourth-order valence-electron chi connectivity index (χ4n) is 1.27. The second kappa shape index (κ2) is 5.00. The second-order valence-corrected chi connectivity index (χ2v) is 5.62. The Balaban J connectivity index is 2.85. The standard InChI is InChI=1S/C13H18BrNO/c1-5-13(3,4)12(16)15-11-7-9(2)6-10(14)8-11/h6-8H,5H2,1-4H3,(H,15,16). The van der Waals surface area contributed by atoms with Gasteiger partial charge in [0, 0.05) is 15.6 Å². The average Bonchev–Trinajstić information content (AvgIpc) is 2.15. The molecule has 1 amide bonds. The van der Waals surface area contributed by atoms with E-state index in [-0.39, 0.29) is 11.3 Å². The summed E-state index contributed by atoms with van der Waals surface area (Å²) >= 11 is 3.42. The van der Waals surface area contributed by atoms with Crippen molar-refractivity contribution in [3.8, 4) is 0 Å². The van der Waals surface area contributed by atoms with Crippen molar-refractivity contribution in [3.63, 3.8) is 0 Å². The summed E-state index contributed by atoms with van der Waals surface area (Å²) < 4.78 is 0.983. The molecule has 3 heteroatoms. The number of nitrogens with one attached hydrogen (secondary N) is 1. The fourth-order valence-corrected chi connectivity index (χ4v) is 1.88. The van der Waals surface area contributed by atoms with E-state index < -0.39 is 0 Å². The molecule has 16 heavy (non-hydrogen) atoms. The third-order valence-electron chi connectivity index (χ3n) is 2.80. The van der Waals surface area contributed by atoms with Gasteiger partial charge in [-0.15, -0.1) is 0 Å². The third kappa shape index (κ3) is 3.34. The lowest BCUT2D eigenvalue weighted by molar-refractivity contribution is -0.124. The minimum absolute atomic E-state index is 0.0625. The molecule has 0 heterocycles. The predicted octanol–water partition coefficient (Wildman–Crippen LogP) is 4.13. The smallest absolute Gasteiger partial charge is 0.230 e. The molecule has 1 aromatic rings. The van der Waals surface area contributed by atoms with Gasteiger partial charge in [0.1, 0.15) is 0 Å². The van der Waals surface area contributed by atoms with Crippen molar-refractivity contribution >= 4 is 27.5 Å². The second-order valence-electron chi connectivity index (χ2n) is 4.71. The predicted molar refractivity (Wildman–Crippen MR) is 71.6 cm³/mol. The van der Waals surface area contributed by atoms with Gasteiger partial charge in [0.25, 0.3) is 0 Å². The van der Waals surface area contributed by atoms with E-state index in [2.05, 4.69) is 21.2 Å². The van der Waals surface area contributed by atoms with Crippen molar-refractivity contribution in [1.82, 2.24) is 0 Å². The molecule has 0 saturated heterocycles. The summed E-state index contributed by atoms with van der Waals surface area (Å²) in [7, 11) is 0.